The van der Waals surface area contributed by atoms with E-state index in [0.717, 1.165) is 16.8 Å². The molecule has 1 heterocycles. The molecule has 1 fully saturated rings. The SMILES string of the molecule is CC(C)c1cccc(C(C)C)c1NC(=O)C1CCN(c2ccccc2[N+](=O)[O-])CC1. The number of rotatable bonds is 6. The van der Waals surface area contributed by atoms with Gasteiger partial charge in [-0.1, -0.05) is 58.0 Å². The van der Waals surface area contributed by atoms with Crippen molar-refractivity contribution in [1.29, 1.82) is 0 Å². The first-order chi connectivity index (χ1) is 14.3. The van der Waals surface area contributed by atoms with E-state index in [1.165, 1.54) is 6.07 Å². The van der Waals surface area contributed by atoms with E-state index in [4.69, 9.17) is 0 Å². The topological polar surface area (TPSA) is 75.5 Å². The van der Waals surface area contributed by atoms with Gasteiger partial charge in [0.1, 0.15) is 5.69 Å². The third kappa shape index (κ3) is 4.64. The lowest BCUT2D eigenvalue weighted by molar-refractivity contribution is -0.384. The Hall–Kier alpha value is -2.89. The van der Waals surface area contributed by atoms with Crippen LogP contribution in [-0.4, -0.2) is 23.9 Å². The highest BCUT2D eigenvalue weighted by atomic mass is 16.6. The zero-order chi connectivity index (χ0) is 21.8. The highest BCUT2D eigenvalue weighted by Crippen LogP contribution is 2.34. The van der Waals surface area contributed by atoms with Gasteiger partial charge in [0.2, 0.25) is 5.91 Å². The highest BCUT2D eigenvalue weighted by Gasteiger charge is 2.29. The van der Waals surface area contributed by atoms with Gasteiger partial charge in [0, 0.05) is 30.8 Å². The van der Waals surface area contributed by atoms with Crippen molar-refractivity contribution in [2.24, 2.45) is 5.92 Å². The molecule has 0 radical (unpaired) electrons. The Bertz CT molecular complexity index is 889. The zero-order valence-corrected chi connectivity index (χ0v) is 18.2. The summed E-state index contributed by atoms with van der Waals surface area (Å²) in [6, 6.07) is 13.0. The second kappa shape index (κ2) is 9.28. The maximum Gasteiger partial charge on any atom is 0.292 e. The van der Waals surface area contributed by atoms with Gasteiger partial charge in [-0.25, -0.2) is 0 Å². The van der Waals surface area contributed by atoms with Crippen molar-refractivity contribution in [2.45, 2.75) is 52.4 Å². The van der Waals surface area contributed by atoms with Crippen molar-refractivity contribution in [3.8, 4) is 0 Å². The van der Waals surface area contributed by atoms with Crippen molar-refractivity contribution < 1.29 is 9.72 Å². The van der Waals surface area contributed by atoms with Crippen LogP contribution in [-0.2, 0) is 4.79 Å². The molecule has 1 aliphatic heterocycles. The second-order valence-corrected chi connectivity index (χ2v) is 8.62. The van der Waals surface area contributed by atoms with Gasteiger partial charge in [-0.15, -0.1) is 0 Å². The minimum Gasteiger partial charge on any atom is -0.366 e. The Morgan fingerprint density at radius 3 is 2.10 bits per heavy atom. The molecule has 3 rings (SSSR count). The predicted molar refractivity (Wildman–Crippen MR) is 121 cm³/mol. The number of nitro benzene ring substituents is 1. The van der Waals surface area contributed by atoms with Crippen LogP contribution in [0.3, 0.4) is 0 Å². The van der Waals surface area contributed by atoms with Gasteiger partial charge >= 0.3 is 0 Å². The largest absolute Gasteiger partial charge is 0.366 e. The molecule has 0 spiro atoms. The molecule has 0 atom stereocenters. The molecular weight excluding hydrogens is 378 g/mol. The Morgan fingerprint density at radius 1 is 1.00 bits per heavy atom. The quantitative estimate of drug-likeness (QED) is 0.491. The van der Waals surface area contributed by atoms with Crippen molar-refractivity contribution in [3.63, 3.8) is 0 Å². The number of nitro groups is 1. The summed E-state index contributed by atoms with van der Waals surface area (Å²) in [6.45, 7) is 9.82. The minimum absolute atomic E-state index is 0.0483. The first kappa shape index (κ1) is 21.8. The minimum atomic E-state index is -0.343. The van der Waals surface area contributed by atoms with Crippen LogP contribution < -0.4 is 10.2 Å². The fourth-order valence-electron chi connectivity index (χ4n) is 4.19. The third-order valence-electron chi connectivity index (χ3n) is 5.91. The van der Waals surface area contributed by atoms with E-state index in [9.17, 15) is 14.9 Å². The number of benzene rings is 2. The fourth-order valence-corrected chi connectivity index (χ4v) is 4.19. The van der Waals surface area contributed by atoms with Crippen LogP contribution >= 0.6 is 0 Å². The molecule has 0 aliphatic carbocycles. The number of hydrogen-bond donors (Lipinski definition) is 1. The Morgan fingerprint density at radius 2 is 1.57 bits per heavy atom. The second-order valence-electron chi connectivity index (χ2n) is 8.62. The summed E-state index contributed by atoms with van der Waals surface area (Å²) in [5.74, 6) is 0.593. The molecule has 2 aromatic carbocycles. The monoisotopic (exact) mass is 409 g/mol. The Kier molecular flexibility index (Phi) is 6.75. The van der Waals surface area contributed by atoms with Gasteiger partial charge in [-0.2, -0.15) is 0 Å². The molecule has 0 aromatic heterocycles. The molecule has 1 N–H and O–H groups in total. The Labute approximate surface area is 178 Å². The Balaban J connectivity index is 1.72. The number of nitrogens with one attached hydrogen (secondary N) is 1. The molecule has 1 saturated heterocycles. The number of piperidine rings is 1. The first-order valence-electron chi connectivity index (χ1n) is 10.7. The first-order valence-corrected chi connectivity index (χ1v) is 10.7. The lowest BCUT2D eigenvalue weighted by Gasteiger charge is -2.33. The molecule has 2 aromatic rings. The summed E-state index contributed by atoms with van der Waals surface area (Å²) in [7, 11) is 0. The van der Waals surface area contributed by atoms with Crippen molar-refractivity contribution in [2.75, 3.05) is 23.3 Å². The average molecular weight is 410 g/mol. The van der Waals surface area contributed by atoms with E-state index < -0.39 is 0 Å². The molecule has 0 saturated carbocycles. The van der Waals surface area contributed by atoms with Crippen LogP contribution in [0.5, 0.6) is 0 Å². The summed E-state index contributed by atoms with van der Waals surface area (Å²) in [4.78, 5) is 26.1. The molecule has 160 valence electrons. The molecule has 30 heavy (non-hydrogen) atoms. The molecule has 6 heteroatoms. The molecular formula is C24H31N3O3. The summed E-state index contributed by atoms with van der Waals surface area (Å²) in [5, 5.41) is 14.6. The van der Waals surface area contributed by atoms with Crippen LogP contribution in [0.1, 0.15) is 63.5 Å². The zero-order valence-electron chi connectivity index (χ0n) is 18.2. The molecule has 0 unspecified atom stereocenters. The predicted octanol–water partition coefficient (Wildman–Crippen LogP) is 5.70. The van der Waals surface area contributed by atoms with Gasteiger partial charge in [-0.3, -0.25) is 14.9 Å². The number of carbonyl (C=O) groups excluding carboxylic acids is 1. The number of anilines is 2. The smallest absolute Gasteiger partial charge is 0.292 e. The van der Waals surface area contributed by atoms with E-state index in [1.807, 2.05) is 11.0 Å². The molecule has 1 aliphatic rings. The van der Waals surface area contributed by atoms with Crippen molar-refractivity contribution >= 4 is 23.0 Å². The molecule has 1 amide bonds. The van der Waals surface area contributed by atoms with E-state index >= 15 is 0 Å². The maximum absolute atomic E-state index is 13.1. The van der Waals surface area contributed by atoms with Gasteiger partial charge in [0.05, 0.1) is 4.92 Å². The van der Waals surface area contributed by atoms with E-state index in [-0.39, 0.29) is 22.4 Å². The third-order valence-corrected chi connectivity index (χ3v) is 5.91. The van der Waals surface area contributed by atoms with Crippen molar-refractivity contribution in [1.82, 2.24) is 0 Å². The van der Waals surface area contributed by atoms with Crippen molar-refractivity contribution in [3.05, 3.63) is 63.7 Å². The lowest BCUT2D eigenvalue weighted by Crippen LogP contribution is -2.38. The van der Waals surface area contributed by atoms with E-state index in [2.05, 4.69) is 51.2 Å². The summed E-state index contributed by atoms with van der Waals surface area (Å²) < 4.78 is 0. The highest BCUT2D eigenvalue weighted by molar-refractivity contribution is 5.94. The summed E-state index contributed by atoms with van der Waals surface area (Å²) >= 11 is 0. The van der Waals surface area contributed by atoms with Gasteiger partial charge in [-0.05, 0) is 41.9 Å². The standard InChI is InChI=1S/C24H31N3O3/c1-16(2)19-8-7-9-20(17(3)4)23(19)25-24(28)18-12-14-26(15-13-18)21-10-5-6-11-22(21)27(29)30/h5-11,16-18H,12-15H2,1-4H3,(H,25,28). The summed E-state index contributed by atoms with van der Waals surface area (Å²) in [6.07, 6.45) is 1.36. The van der Waals surface area contributed by atoms with Crippen LogP contribution in [0.4, 0.5) is 17.1 Å². The average Bonchev–Trinajstić information content (AvgIpc) is 2.73. The molecule has 6 nitrogen and oxygen atoms in total. The van der Waals surface area contributed by atoms with Crippen LogP contribution in [0, 0.1) is 16.0 Å². The normalized spacial score (nSPS) is 14.9. The van der Waals surface area contributed by atoms with Crippen LogP contribution in [0.25, 0.3) is 0 Å². The van der Waals surface area contributed by atoms with E-state index in [1.54, 1.807) is 12.1 Å². The molecule has 0 bridgehead atoms. The number of nitrogens with zero attached hydrogens (tertiary/aromatic N) is 2. The van der Waals surface area contributed by atoms with Gasteiger partial charge in [0.25, 0.3) is 5.69 Å². The fraction of sp³-hybridized carbons (Fsp3) is 0.458. The van der Waals surface area contributed by atoms with Crippen LogP contribution in [0.15, 0.2) is 42.5 Å². The lowest BCUT2D eigenvalue weighted by atomic mass is 9.91. The number of carbonyl (C=O) groups is 1. The maximum atomic E-state index is 13.1. The number of amides is 1. The summed E-state index contributed by atoms with van der Waals surface area (Å²) in [5.41, 5.74) is 4.02. The number of hydrogen-bond acceptors (Lipinski definition) is 4. The van der Waals surface area contributed by atoms with E-state index in [0.29, 0.717) is 43.5 Å². The van der Waals surface area contributed by atoms with Gasteiger partial charge in [0.15, 0.2) is 0 Å². The van der Waals surface area contributed by atoms with Crippen LogP contribution in [0.2, 0.25) is 0 Å². The van der Waals surface area contributed by atoms with Gasteiger partial charge < -0.3 is 10.2 Å². The number of para-hydroxylation sites is 3.